The van der Waals surface area contributed by atoms with Gasteiger partial charge in [-0.1, -0.05) is 72.4 Å². The Morgan fingerprint density at radius 3 is 2.35 bits per heavy atom. The summed E-state index contributed by atoms with van der Waals surface area (Å²) in [6, 6.07) is 26.4. The van der Waals surface area contributed by atoms with Crippen molar-refractivity contribution >= 4 is 17.7 Å². The molecule has 8 heteroatoms. The van der Waals surface area contributed by atoms with Crippen molar-refractivity contribution in [3.8, 4) is 11.4 Å². The highest BCUT2D eigenvalue weighted by Crippen LogP contribution is 2.22. The van der Waals surface area contributed by atoms with Gasteiger partial charge in [0, 0.05) is 0 Å². The SMILES string of the molecule is O=C(CSc1nnnn1-c1ccc(O)cc1)N[C@H](Cc1ccccc1)c1ccccc1. The number of thioether (sulfide) groups is 1. The molecule has 31 heavy (non-hydrogen) atoms. The quantitative estimate of drug-likeness (QED) is 0.415. The van der Waals surface area contributed by atoms with Gasteiger partial charge in [0.05, 0.1) is 17.5 Å². The Morgan fingerprint density at radius 2 is 1.65 bits per heavy atom. The number of phenolic OH excluding ortho intramolecular Hbond substituents is 1. The van der Waals surface area contributed by atoms with E-state index in [2.05, 4.69) is 33.0 Å². The van der Waals surface area contributed by atoms with Crippen LogP contribution in [0.5, 0.6) is 5.75 Å². The van der Waals surface area contributed by atoms with Gasteiger partial charge < -0.3 is 10.4 Å². The fourth-order valence-corrected chi connectivity index (χ4v) is 3.88. The van der Waals surface area contributed by atoms with Crippen LogP contribution in [0.1, 0.15) is 17.2 Å². The summed E-state index contributed by atoms with van der Waals surface area (Å²) in [4.78, 5) is 12.8. The molecule has 0 spiro atoms. The minimum Gasteiger partial charge on any atom is -0.508 e. The van der Waals surface area contributed by atoms with E-state index in [1.807, 2.05) is 48.5 Å². The van der Waals surface area contributed by atoms with E-state index in [9.17, 15) is 9.90 Å². The molecule has 2 N–H and O–H groups in total. The lowest BCUT2D eigenvalue weighted by Gasteiger charge is -2.19. The molecule has 4 aromatic rings. The number of tetrazole rings is 1. The first-order chi connectivity index (χ1) is 15.2. The number of rotatable bonds is 8. The van der Waals surface area contributed by atoms with Crippen molar-refractivity contribution in [2.45, 2.75) is 17.6 Å². The van der Waals surface area contributed by atoms with Crippen LogP contribution in [-0.4, -0.2) is 37.0 Å². The predicted octanol–water partition coefficient (Wildman–Crippen LogP) is 3.56. The number of hydrogen-bond donors (Lipinski definition) is 2. The second-order valence-electron chi connectivity index (χ2n) is 6.90. The largest absolute Gasteiger partial charge is 0.508 e. The molecule has 7 nitrogen and oxygen atoms in total. The molecule has 1 heterocycles. The van der Waals surface area contributed by atoms with Gasteiger partial charge in [-0.2, -0.15) is 4.68 Å². The lowest BCUT2D eigenvalue weighted by Crippen LogP contribution is -2.31. The number of phenols is 1. The topological polar surface area (TPSA) is 92.9 Å². The molecular formula is C23H21N5O2S. The van der Waals surface area contributed by atoms with Gasteiger partial charge in [-0.05, 0) is 52.2 Å². The summed E-state index contributed by atoms with van der Waals surface area (Å²) in [7, 11) is 0. The van der Waals surface area contributed by atoms with Crippen molar-refractivity contribution in [1.82, 2.24) is 25.5 Å². The maximum atomic E-state index is 12.8. The van der Waals surface area contributed by atoms with E-state index in [4.69, 9.17) is 0 Å². The van der Waals surface area contributed by atoms with E-state index in [0.29, 0.717) is 17.3 Å². The fraction of sp³-hybridized carbons (Fsp3) is 0.130. The van der Waals surface area contributed by atoms with Crippen LogP contribution in [-0.2, 0) is 11.2 Å². The number of carbonyl (C=O) groups is 1. The van der Waals surface area contributed by atoms with Crippen molar-refractivity contribution in [2.75, 3.05) is 5.75 Å². The van der Waals surface area contributed by atoms with Crippen LogP contribution >= 0.6 is 11.8 Å². The molecule has 0 aliphatic carbocycles. The molecular weight excluding hydrogens is 410 g/mol. The smallest absolute Gasteiger partial charge is 0.230 e. The maximum Gasteiger partial charge on any atom is 0.230 e. The Balaban J connectivity index is 1.43. The number of nitrogens with zero attached hydrogens (tertiary/aromatic N) is 4. The Labute approximate surface area is 184 Å². The molecule has 1 atom stereocenters. The highest BCUT2D eigenvalue weighted by Gasteiger charge is 2.17. The number of carbonyl (C=O) groups excluding carboxylic acids is 1. The van der Waals surface area contributed by atoms with E-state index in [-0.39, 0.29) is 23.5 Å². The summed E-state index contributed by atoms with van der Waals surface area (Å²) < 4.78 is 1.54. The third-order valence-corrected chi connectivity index (χ3v) is 5.61. The number of benzene rings is 3. The van der Waals surface area contributed by atoms with E-state index < -0.39 is 0 Å². The number of amides is 1. The van der Waals surface area contributed by atoms with Crippen LogP contribution in [0.4, 0.5) is 0 Å². The van der Waals surface area contributed by atoms with E-state index in [1.165, 1.54) is 16.4 Å². The van der Waals surface area contributed by atoms with Gasteiger partial charge in [0.2, 0.25) is 11.1 Å². The summed E-state index contributed by atoms with van der Waals surface area (Å²) >= 11 is 1.26. The zero-order chi connectivity index (χ0) is 21.5. The third kappa shape index (κ3) is 5.49. The zero-order valence-corrected chi connectivity index (χ0v) is 17.4. The van der Waals surface area contributed by atoms with Gasteiger partial charge in [0.25, 0.3) is 0 Å². The number of hydrogen-bond acceptors (Lipinski definition) is 6. The molecule has 1 amide bonds. The van der Waals surface area contributed by atoms with Gasteiger partial charge in [-0.3, -0.25) is 4.79 Å². The minimum atomic E-state index is -0.134. The molecule has 0 radical (unpaired) electrons. The normalized spacial score (nSPS) is 11.7. The molecule has 0 aliphatic heterocycles. The Kier molecular flexibility index (Phi) is 6.59. The predicted molar refractivity (Wildman–Crippen MR) is 119 cm³/mol. The molecule has 0 unspecified atom stereocenters. The van der Waals surface area contributed by atoms with Crippen LogP contribution in [0.3, 0.4) is 0 Å². The fourth-order valence-electron chi connectivity index (χ4n) is 3.18. The average molecular weight is 432 g/mol. The molecule has 0 bridgehead atoms. The maximum absolute atomic E-state index is 12.8. The third-order valence-electron chi connectivity index (χ3n) is 4.69. The summed E-state index contributed by atoms with van der Waals surface area (Å²) in [5.74, 6) is 0.238. The van der Waals surface area contributed by atoms with Crippen molar-refractivity contribution in [3.05, 3.63) is 96.1 Å². The van der Waals surface area contributed by atoms with E-state index >= 15 is 0 Å². The van der Waals surface area contributed by atoms with Crippen LogP contribution in [0, 0.1) is 0 Å². The highest BCUT2D eigenvalue weighted by molar-refractivity contribution is 7.99. The van der Waals surface area contributed by atoms with Gasteiger partial charge in [-0.15, -0.1) is 5.10 Å². The molecule has 1 aromatic heterocycles. The molecule has 0 saturated carbocycles. The van der Waals surface area contributed by atoms with Crippen molar-refractivity contribution in [2.24, 2.45) is 0 Å². The van der Waals surface area contributed by atoms with Crippen LogP contribution in [0.2, 0.25) is 0 Å². The first kappa shape index (κ1) is 20.6. The second-order valence-corrected chi connectivity index (χ2v) is 7.84. The van der Waals surface area contributed by atoms with Crippen LogP contribution in [0.25, 0.3) is 5.69 Å². The molecule has 3 aromatic carbocycles. The van der Waals surface area contributed by atoms with Crippen LogP contribution < -0.4 is 5.32 Å². The Morgan fingerprint density at radius 1 is 0.968 bits per heavy atom. The lowest BCUT2D eigenvalue weighted by molar-refractivity contribution is -0.119. The van der Waals surface area contributed by atoms with Crippen molar-refractivity contribution < 1.29 is 9.90 Å². The summed E-state index contributed by atoms with van der Waals surface area (Å²) in [6.45, 7) is 0. The van der Waals surface area contributed by atoms with Gasteiger partial charge in [0.15, 0.2) is 0 Å². The van der Waals surface area contributed by atoms with Gasteiger partial charge in [-0.25, -0.2) is 0 Å². The van der Waals surface area contributed by atoms with E-state index in [1.54, 1.807) is 24.3 Å². The number of aromatic hydroxyl groups is 1. The molecule has 4 rings (SSSR count). The highest BCUT2D eigenvalue weighted by atomic mass is 32.2. The summed E-state index contributed by atoms with van der Waals surface area (Å²) in [5, 5.41) is 24.8. The first-order valence-corrected chi connectivity index (χ1v) is 10.8. The molecule has 0 aliphatic rings. The second kappa shape index (κ2) is 9.90. The average Bonchev–Trinajstić information content (AvgIpc) is 3.28. The Bertz CT molecular complexity index is 1120. The molecule has 0 fully saturated rings. The number of nitrogens with one attached hydrogen (secondary N) is 1. The molecule has 0 saturated heterocycles. The number of aromatic nitrogens is 4. The first-order valence-electron chi connectivity index (χ1n) is 9.78. The van der Waals surface area contributed by atoms with E-state index in [0.717, 1.165) is 11.1 Å². The Hall–Kier alpha value is -3.65. The van der Waals surface area contributed by atoms with Gasteiger partial charge >= 0.3 is 0 Å². The van der Waals surface area contributed by atoms with Crippen molar-refractivity contribution in [1.29, 1.82) is 0 Å². The van der Waals surface area contributed by atoms with Gasteiger partial charge in [0.1, 0.15) is 5.75 Å². The monoisotopic (exact) mass is 431 g/mol. The van der Waals surface area contributed by atoms with Crippen molar-refractivity contribution in [3.63, 3.8) is 0 Å². The lowest BCUT2D eigenvalue weighted by atomic mass is 9.99. The zero-order valence-electron chi connectivity index (χ0n) is 16.6. The minimum absolute atomic E-state index is 0.102. The van der Waals surface area contributed by atoms with Crippen LogP contribution in [0.15, 0.2) is 90.1 Å². The standard InChI is InChI=1S/C23H21N5O2S/c29-20-13-11-19(12-14-20)28-23(25-26-27-28)31-16-22(30)24-21(18-9-5-2-6-10-18)15-17-7-3-1-4-8-17/h1-14,21,29H,15-16H2,(H,24,30)/t21-/m1/s1. The molecule has 156 valence electrons. The summed E-state index contributed by atoms with van der Waals surface area (Å²) in [6.07, 6.45) is 0.701. The summed E-state index contributed by atoms with van der Waals surface area (Å²) in [5.41, 5.74) is 2.91.